The number of nitrogens with one attached hydrogen (secondary N) is 3. The molecule has 0 spiro atoms. The SMILES string of the molecule is CCOC(O)c1sc(Nc2nc(NCCCN3CCCC3=O)cc(NCc3ccc(S(C)(=O)=O)cc3)n2)nc1C. The lowest BCUT2D eigenvalue weighted by Crippen LogP contribution is -2.27. The minimum atomic E-state index is -3.27. The molecular weight excluding hydrogens is 554 g/mol. The Morgan fingerprint density at radius 1 is 1.15 bits per heavy atom. The van der Waals surface area contributed by atoms with Gasteiger partial charge in [-0.2, -0.15) is 9.97 Å². The zero-order valence-electron chi connectivity index (χ0n) is 22.8. The second-order valence-electron chi connectivity index (χ2n) is 9.40. The summed E-state index contributed by atoms with van der Waals surface area (Å²) in [6.07, 6.45) is 2.44. The highest BCUT2D eigenvalue weighted by Crippen LogP contribution is 2.31. The zero-order valence-corrected chi connectivity index (χ0v) is 24.4. The maximum absolute atomic E-state index is 11.9. The molecule has 0 saturated carbocycles. The van der Waals surface area contributed by atoms with Crippen LogP contribution in [0.15, 0.2) is 35.2 Å². The Morgan fingerprint density at radius 2 is 1.88 bits per heavy atom. The molecule has 40 heavy (non-hydrogen) atoms. The van der Waals surface area contributed by atoms with Gasteiger partial charge in [-0.3, -0.25) is 10.1 Å². The van der Waals surface area contributed by atoms with Crippen LogP contribution in [0.1, 0.15) is 48.6 Å². The highest BCUT2D eigenvalue weighted by Gasteiger charge is 2.19. The van der Waals surface area contributed by atoms with Gasteiger partial charge >= 0.3 is 0 Å². The molecule has 1 saturated heterocycles. The van der Waals surface area contributed by atoms with E-state index in [1.165, 1.54) is 17.6 Å². The summed E-state index contributed by atoms with van der Waals surface area (Å²) < 4.78 is 28.8. The van der Waals surface area contributed by atoms with Crippen LogP contribution in [0, 0.1) is 6.92 Å². The van der Waals surface area contributed by atoms with Crippen LogP contribution < -0.4 is 16.0 Å². The number of aliphatic hydroxyl groups is 1. The van der Waals surface area contributed by atoms with Crippen molar-refractivity contribution in [1.29, 1.82) is 0 Å². The number of hydrogen-bond donors (Lipinski definition) is 4. The van der Waals surface area contributed by atoms with Gasteiger partial charge in [-0.1, -0.05) is 23.5 Å². The Hall–Kier alpha value is -3.33. The quantitative estimate of drug-likeness (QED) is 0.161. The predicted molar refractivity (Wildman–Crippen MR) is 155 cm³/mol. The minimum Gasteiger partial charge on any atom is -0.370 e. The molecular formula is C26H35N7O5S2. The molecule has 4 N–H and O–H groups in total. The third-order valence-electron chi connectivity index (χ3n) is 6.23. The Kier molecular flexibility index (Phi) is 9.90. The minimum absolute atomic E-state index is 0.206. The number of ether oxygens (including phenoxy) is 1. The van der Waals surface area contributed by atoms with E-state index in [4.69, 9.17) is 4.74 Å². The monoisotopic (exact) mass is 589 g/mol. The van der Waals surface area contributed by atoms with Gasteiger partial charge in [0.15, 0.2) is 21.3 Å². The molecule has 216 valence electrons. The van der Waals surface area contributed by atoms with Crippen LogP contribution in [0.25, 0.3) is 0 Å². The van der Waals surface area contributed by atoms with Crippen molar-refractivity contribution in [3.05, 3.63) is 46.5 Å². The number of thiazole rings is 1. The molecule has 14 heteroatoms. The number of benzene rings is 1. The fourth-order valence-electron chi connectivity index (χ4n) is 4.18. The normalized spacial score (nSPS) is 14.4. The molecule has 2 aromatic heterocycles. The number of aliphatic hydroxyl groups excluding tert-OH is 1. The molecule has 4 rings (SSSR count). The molecule has 0 radical (unpaired) electrons. The molecule has 1 amide bonds. The Morgan fingerprint density at radius 3 is 2.52 bits per heavy atom. The van der Waals surface area contributed by atoms with Crippen LogP contribution in [0.4, 0.5) is 22.7 Å². The molecule has 1 unspecified atom stereocenters. The first-order valence-corrected chi connectivity index (χ1v) is 15.8. The van der Waals surface area contributed by atoms with Gasteiger partial charge in [-0.25, -0.2) is 13.4 Å². The summed E-state index contributed by atoms with van der Waals surface area (Å²) in [4.78, 5) is 28.3. The molecule has 3 heterocycles. The molecule has 1 atom stereocenters. The van der Waals surface area contributed by atoms with Crippen LogP contribution in [-0.4, -0.2) is 71.8 Å². The lowest BCUT2D eigenvalue weighted by atomic mass is 10.2. The van der Waals surface area contributed by atoms with Gasteiger partial charge in [0.25, 0.3) is 0 Å². The van der Waals surface area contributed by atoms with E-state index in [-0.39, 0.29) is 10.8 Å². The van der Waals surface area contributed by atoms with Crippen molar-refractivity contribution in [3.63, 3.8) is 0 Å². The van der Waals surface area contributed by atoms with Gasteiger partial charge in [-0.05, 0) is 44.4 Å². The number of anilines is 4. The summed E-state index contributed by atoms with van der Waals surface area (Å²) in [5.74, 6) is 1.64. The van der Waals surface area contributed by atoms with E-state index in [1.807, 2.05) is 11.8 Å². The summed E-state index contributed by atoms with van der Waals surface area (Å²) in [7, 11) is -3.27. The molecule has 1 aliphatic rings. The third kappa shape index (κ3) is 8.10. The molecule has 1 aromatic carbocycles. The predicted octanol–water partition coefficient (Wildman–Crippen LogP) is 3.45. The van der Waals surface area contributed by atoms with Gasteiger partial charge in [-0.15, -0.1) is 0 Å². The van der Waals surface area contributed by atoms with E-state index >= 15 is 0 Å². The average Bonchev–Trinajstić information content (AvgIpc) is 3.49. The van der Waals surface area contributed by atoms with Crippen LogP contribution >= 0.6 is 11.3 Å². The van der Waals surface area contributed by atoms with E-state index < -0.39 is 16.1 Å². The first-order valence-electron chi connectivity index (χ1n) is 13.1. The lowest BCUT2D eigenvalue weighted by Gasteiger charge is -2.16. The first kappa shape index (κ1) is 29.6. The van der Waals surface area contributed by atoms with Gasteiger partial charge in [0.2, 0.25) is 11.9 Å². The molecule has 3 aromatic rings. The molecule has 12 nitrogen and oxygen atoms in total. The van der Waals surface area contributed by atoms with Crippen LogP contribution in [0.2, 0.25) is 0 Å². The topological polar surface area (TPSA) is 159 Å². The molecule has 0 aliphatic carbocycles. The summed E-state index contributed by atoms with van der Waals surface area (Å²) >= 11 is 1.26. The third-order valence-corrected chi connectivity index (χ3v) is 8.47. The number of nitrogens with zero attached hydrogens (tertiary/aromatic N) is 4. The Balaban J connectivity index is 1.47. The van der Waals surface area contributed by atoms with Crippen molar-refractivity contribution in [2.45, 2.75) is 50.8 Å². The van der Waals surface area contributed by atoms with Gasteiger partial charge in [0.1, 0.15) is 11.6 Å². The summed E-state index contributed by atoms with van der Waals surface area (Å²) in [6, 6.07) is 8.46. The second kappa shape index (κ2) is 13.4. The van der Waals surface area contributed by atoms with E-state index in [1.54, 1.807) is 37.3 Å². The van der Waals surface area contributed by atoms with Gasteiger partial charge < -0.3 is 25.4 Å². The number of likely N-dealkylation sites (tertiary alicyclic amines) is 1. The van der Waals surface area contributed by atoms with E-state index in [0.717, 1.165) is 24.9 Å². The maximum Gasteiger partial charge on any atom is 0.232 e. The standard InChI is InChI=1S/C26H35N7O5S2/c1-4-38-24(35)23-17(2)29-26(39-23)32-25-30-20(27-12-6-14-33-13-5-7-22(33)34)15-21(31-25)28-16-18-8-10-19(11-9-18)40(3,36)37/h8-11,15,24,35H,4-7,12-14,16H2,1-3H3,(H3,27,28,29,30,31,32). The van der Waals surface area contributed by atoms with Crippen LogP contribution in [-0.2, 0) is 25.9 Å². The molecule has 0 bridgehead atoms. The number of carbonyl (C=O) groups excluding carboxylic acids is 1. The van der Waals surface area contributed by atoms with Crippen molar-refractivity contribution in [2.24, 2.45) is 0 Å². The van der Waals surface area contributed by atoms with Crippen LogP contribution in [0.3, 0.4) is 0 Å². The number of amides is 1. The van der Waals surface area contributed by atoms with Gasteiger partial charge in [0.05, 0.1) is 15.5 Å². The Bertz CT molecular complexity index is 1410. The zero-order chi connectivity index (χ0) is 28.7. The van der Waals surface area contributed by atoms with Crippen molar-refractivity contribution >= 4 is 49.8 Å². The van der Waals surface area contributed by atoms with Crippen molar-refractivity contribution in [3.8, 4) is 0 Å². The summed E-state index contributed by atoms with van der Waals surface area (Å²) in [5, 5.41) is 20.5. The fraction of sp³-hybridized carbons (Fsp3) is 0.462. The number of carbonyl (C=O) groups is 1. The van der Waals surface area contributed by atoms with E-state index in [2.05, 4.69) is 30.9 Å². The Labute approximate surface area is 238 Å². The fourth-order valence-corrected chi connectivity index (χ4v) is 5.70. The van der Waals surface area contributed by atoms with Crippen LogP contribution in [0.5, 0.6) is 0 Å². The summed E-state index contributed by atoms with van der Waals surface area (Å²) in [6.45, 7) is 6.52. The smallest absolute Gasteiger partial charge is 0.232 e. The lowest BCUT2D eigenvalue weighted by molar-refractivity contribution is -0.127. The van der Waals surface area contributed by atoms with Crippen molar-refractivity contribution in [1.82, 2.24) is 19.9 Å². The summed E-state index contributed by atoms with van der Waals surface area (Å²) in [5.41, 5.74) is 1.53. The van der Waals surface area contributed by atoms with Crippen molar-refractivity contribution in [2.75, 3.05) is 48.4 Å². The maximum atomic E-state index is 11.9. The van der Waals surface area contributed by atoms with E-state index in [0.29, 0.717) is 65.9 Å². The molecule has 1 fully saturated rings. The van der Waals surface area contributed by atoms with E-state index in [9.17, 15) is 18.3 Å². The number of rotatable bonds is 14. The molecule has 1 aliphatic heterocycles. The average molecular weight is 590 g/mol. The highest BCUT2D eigenvalue weighted by molar-refractivity contribution is 7.90. The number of hydrogen-bond acceptors (Lipinski definition) is 12. The first-order chi connectivity index (χ1) is 19.1. The number of aryl methyl sites for hydroxylation is 1. The number of sulfone groups is 1. The van der Waals surface area contributed by atoms with Gasteiger partial charge in [0, 0.05) is 51.5 Å². The van der Waals surface area contributed by atoms with Crippen molar-refractivity contribution < 1.29 is 23.1 Å². The largest absolute Gasteiger partial charge is 0.370 e. The second-order valence-corrected chi connectivity index (χ2v) is 12.4. The highest BCUT2D eigenvalue weighted by atomic mass is 32.2. The number of aromatic nitrogens is 3.